The molecule has 0 aliphatic heterocycles. The topological polar surface area (TPSA) is 12.0 Å². The highest BCUT2D eigenvalue weighted by atomic mass is 32.1. The number of benzene rings is 1. The Balaban J connectivity index is 1.99. The van der Waals surface area contributed by atoms with Gasteiger partial charge in [0.2, 0.25) is 0 Å². The lowest BCUT2D eigenvalue weighted by molar-refractivity contribution is 0.286. The molecule has 102 valence electrons. The summed E-state index contributed by atoms with van der Waals surface area (Å²) >= 11 is 1.83. The van der Waals surface area contributed by atoms with Crippen molar-refractivity contribution in [1.29, 1.82) is 0 Å². The van der Waals surface area contributed by atoms with E-state index >= 15 is 0 Å². The van der Waals surface area contributed by atoms with Crippen LogP contribution in [0.4, 0.5) is 0 Å². The third-order valence-electron chi connectivity index (χ3n) is 3.64. The van der Waals surface area contributed by atoms with Gasteiger partial charge in [-0.05, 0) is 34.9 Å². The molecule has 0 aliphatic carbocycles. The second-order valence-corrected chi connectivity index (χ2v) is 7.13. The molecule has 1 nitrogen and oxygen atoms in total. The molecule has 0 bridgehead atoms. The smallest absolute Gasteiger partial charge is 0.0302 e. The minimum Gasteiger partial charge on any atom is -0.309 e. The number of hydrogen-bond acceptors (Lipinski definition) is 2. The molecule has 1 heterocycles. The zero-order chi connectivity index (χ0) is 13.9. The normalized spacial score (nSPS) is 13.5. The van der Waals surface area contributed by atoms with Crippen molar-refractivity contribution in [3.05, 3.63) is 46.7 Å². The highest BCUT2D eigenvalue weighted by Gasteiger charge is 2.19. The van der Waals surface area contributed by atoms with E-state index in [4.69, 9.17) is 0 Å². The highest BCUT2D eigenvalue weighted by molar-refractivity contribution is 7.10. The first-order valence-electron chi connectivity index (χ1n) is 6.83. The molecule has 2 rings (SSSR count). The van der Waals surface area contributed by atoms with Crippen molar-refractivity contribution in [2.24, 2.45) is 5.41 Å². The van der Waals surface area contributed by atoms with E-state index in [2.05, 4.69) is 74.8 Å². The van der Waals surface area contributed by atoms with Gasteiger partial charge in [0.1, 0.15) is 0 Å². The molecule has 0 radical (unpaired) electrons. The second kappa shape index (κ2) is 5.89. The predicted octanol–water partition coefficient (Wildman–Crippen LogP) is 4.94. The first-order chi connectivity index (χ1) is 8.97. The molecule has 0 amide bonds. The van der Waals surface area contributed by atoms with Crippen molar-refractivity contribution in [2.75, 3.05) is 0 Å². The van der Waals surface area contributed by atoms with Gasteiger partial charge in [-0.15, -0.1) is 11.3 Å². The maximum atomic E-state index is 3.61. The van der Waals surface area contributed by atoms with E-state index in [-0.39, 0.29) is 0 Å². The Morgan fingerprint density at radius 3 is 2.42 bits per heavy atom. The van der Waals surface area contributed by atoms with Crippen LogP contribution in [0.2, 0.25) is 0 Å². The Bertz CT molecular complexity index is 508. The van der Waals surface area contributed by atoms with Crippen LogP contribution in [-0.4, -0.2) is 6.04 Å². The Hall–Kier alpha value is -1.12. The van der Waals surface area contributed by atoms with Crippen LogP contribution >= 0.6 is 11.3 Å². The van der Waals surface area contributed by atoms with Crippen LogP contribution in [0.3, 0.4) is 0 Å². The molecule has 0 aliphatic rings. The minimum atomic E-state index is 0.305. The molecule has 0 saturated carbocycles. The van der Waals surface area contributed by atoms with E-state index < -0.39 is 0 Å². The fraction of sp³-hybridized carbons (Fsp3) is 0.412. The summed E-state index contributed by atoms with van der Waals surface area (Å²) in [6, 6.07) is 13.4. The van der Waals surface area contributed by atoms with Gasteiger partial charge in [0.15, 0.2) is 0 Å². The maximum Gasteiger partial charge on any atom is 0.0302 e. The summed E-state index contributed by atoms with van der Waals surface area (Å²) in [7, 11) is 0. The SMILES string of the molecule is CC(NCc1cc(-c2ccccc2)cs1)C(C)(C)C. The molecule has 0 fully saturated rings. The molecule has 2 heteroatoms. The summed E-state index contributed by atoms with van der Waals surface area (Å²) < 4.78 is 0. The second-order valence-electron chi connectivity index (χ2n) is 6.14. The Morgan fingerprint density at radius 2 is 1.79 bits per heavy atom. The molecule has 19 heavy (non-hydrogen) atoms. The van der Waals surface area contributed by atoms with Crippen LogP contribution in [-0.2, 0) is 6.54 Å². The summed E-state index contributed by atoms with van der Waals surface area (Å²) in [6.07, 6.45) is 0. The van der Waals surface area contributed by atoms with Crippen LogP contribution in [0.15, 0.2) is 41.8 Å². The quantitative estimate of drug-likeness (QED) is 0.832. The van der Waals surface area contributed by atoms with Gasteiger partial charge in [-0.1, -0.05) is 51.1 Å². The molecule has 2 aromatic rings. The molecule has 1 atom stereocenters. The van der Waals surface area contributed by atoms with E-state index in [1.54, 1.807) is 0 Å². The third-order valence-corrected chi connectivity index (χ3v) is 4.58. The zero-order valence-corrected chi connectivity index (χ0v) is 13.1. The summed E-state index contributed by atoms with van der Waals surface area (Å²) in [5, 5.41) is 5.86. The number of hydrogen-bond donors (Lipinski definition) is 1. The van der Waals surface area contributed by atoms with Crippen LogP contribution in [0, 0.1) is 5.41 Å². The molecule has 1 N–H and O–H groups in total. The van der Waals surface area contributed by atoms with Crippen LogP contribution in [0.25, 0.3) is 11.1 Å². The van der Waals surface area contributed by atoms with Crippen molar-refractivity contribution in [2.45, 2.75) is 40.3 Å². The average Bonchev–Trinajstić information content (AvgIpc) is 2.84. The third kappa shape index (κ3) is 3.92. The van der Waals surface area contributed by atoms with E-state index in [1.807, 2.05) is 11.3 Å². The van der Waals surface area contributed by atoms with Gasteiger partial charge in [-0.25, -0.2) is 0 Å². The van der Waals surface area contributed by atoms with E-state index in [9.17, 15) is 0 Å². The van der Waals surface area contributed by atoms with Gasteiger partial charge in [0.25, 0.3) is 0 Å². The first-order valence-corrected chi connectivity index (χ1v) is 7.71. The minimum absolute atomic E-state index is 0.305. The van der Waals surface area contributed by atoms with Crippen molar-refractivity contribution >= 4 is 11.3 Å². The fourth-order valence-electron chi connectivity index (χ4n) is 1.82. The van der Waals surface area contributed by atoms with E-state index in [0.29, 0.717) is 11.5 Å². The molecule has 0 spiro atoms. The molecule has 1 aromatic heterocycles. The van der Waals surface area contributed by atoms with Gasteiger partial charge < -0.3 is 5.32 Å². The van der Waals surface area contributed by atoms with Crippen LogP contribution in [0.5, 0.6) is 0 Å². The van der Waals surface area contributed by atoms with Gasteiger partial charge >= 0.3 is 0 Å². The fourth-order valence-corrected chi connectivity index (χ4v) is 2.66. The Labute approximate surface area is 120 Å². The van der Waals surface area contributed by atoms with Crippen molar-refractivity contribution in [1.82, 2.24) is 5.32 Å². The molecular formula is C17H23NS. The van der Waals surface area contributed by atoms with Gasteiger partial charge in [0, 0.05) is 17.5 Å². The van der Waals surface area contributed by atoms with Crippen molar-refractivity contribution < 1.29 is 0 Å². The highest BCUT2D eigenvalue weighted by Crippen LogP contribution is 2.26. The maximum absolute atomic E-state index is 3.61. The van der Waals surface area contributed by atoms with E-state index in [0.717, 1.165) is 6.54 Å². The van der Waals surface area contributed by atoms with Crippen LogP contribution in [0.1, 0.15) is 32.6 Å². The first kappa shape index (κ1) is 14.3. The van der Waals surface area contributed by atoms with Crippen LogP contribution < -0.4 is 5.32 Å². The lowest BCUT2D eigenvalue weighted by atomic mass is 9.88. The summed E-state index contributed by atoms with van der Waals surface area (Å²) in [4.78, 5) is 1.40. The van der Waals surface area contributed by atoms with Gasteiger partial charge in [-0.3, -0.25) is 0 Å². The van der Waals surface area contributed by atoms with Crippen molar-refractivity contribution in [3.8, 4) is 11.1 Å². The lowest BCUT2D eigenvalue weighted by Crippen LogP contribution is -2.36. The number of nitrogens with one attached hydrogen (secondary N) is 1. The van der Waals surface area contributed by atoms with Gasteiger partial charge in [-0.2, -0.15) is 0 Å². The molecule has 1 aromatic carbocycles. The monoisotopic (exact) mass is 273 g/mol. The predicted molar refractivity (Wildman–Crippen MR) is 85.5 cm³/mol. The number of rotatable bonds is 4. The van der Waals surface area contributed by atoms with Gasteiger partial charge in [0.05, 0.1) is 0 Å². The standard InChI is InChI=1S/C17H23NS/c1-13(17(2,3)4)18-11-16-10-15(12-19-16)14-8-6-5-7-9-14/h5-10,12-13,18H,11H2,1-4H3. The number of thiophene rings is 1. The largest absolute Gasteiger partial charge is 0.309 e. The summed E-state index contributed by atoms with van der Waals surface area (Å²) in [6.45, 7) is 10.0. The summed E-state index contributed by atoms with van der Waals surface area (Å²) in [5.74, 6) is 0. The molecule has 1 unspecified atom stereocenters. The summed E-state index contributed by atoms with van der Waals surface area (Å²) in [5.41, 5.74) is 2.93. The molecule has 0 saturated heterocycles. The molecular weight excluding hydrogens is 250 g/mol. The average molecular weight is 273 g/mol. The Kier molecular flexibility index (Phi) is 4.43. The lowest BCUT2D eigenvalue weighted by Gasteiger charge is -2.28. The Morgan fingerprint density at radius 1 is 1.11 bits per heavy atom. The van der Waals surface area contributed by atoms with Crippen molar-refractivity contribution in [3.63, 3.8) is 0 Å². The van der Waals surface area contributed by atoms with E-state index in [1.165, 1.54) is 16.0 Å². The zero-order valence-electron chi connectivity index (χ0n) is 12.2.